The van der Waals surface area contributed by atoms with Crippen LogP contribution < -0.4 is 0 Å². The second-order valence-electron chi connectivity index (χ2n) is 4.59. The van der Waals surface area contributed by atoms with E-state index in [1.807, 2.05) is 18.2 Å². The highest BCUT2D eigenvalue weighted by atomic mass is 32.1. The van der Waals surface area contributed by atoms with Gasteiger partial charge < -0.3 is 0 Å². The molecule has 1 aromatic heterocycles. The number of hydrogen-bond acceptors (Lipinski definition) is 3. The average molecular weight is 231 g/mol. The number of carbonyl (C=O) groups excluding carboxylic acids is 1. The van der Waals surface area contributed by atoms with Crippen molar-refractivity contribution in [3.63, 3.8) is 0 Å². The van der Waals surface area contributed by atoms with Gasteiger partial charge in [-0.15, -0.1) is 11.3 Å². The van der Waals surface area contributed by atoms with Crippen LogP contribution in [0.3, 0.4) is 0 Å². The molecule has 1 fully saturated rings. The fraction of sp³-hybridized carbons (Fsp3) is 0.385. The van der Waals surface area contributed by atoms with Crippen LogP contribution in [-0.4, -0.2) is 10.8 Å². The third-order valence-corrected chi connectivity index (χ3v) is 4.46. The standard InChI is InChI=1S/C13H13NOS/c1-9(15)13(6-7-13)8-12-14-10-4-2-3-5-11(10)16-12/h2-5H,6-8H2,1H3. The van der Waals surface area contributed by atoms with Crippen LogP contribution >= 0.6 is 11.3 Å². The highest BCUT2D eigenvalue weighted by Gasteiger charge is 2.47. The van der Waals surface area contributed by atoms with Gasteiger partial charge in [-0.3, -0.25) is 4.79 Å². The molecular formula is C13H13NOS. The van der Waals surface area contributed by atoms with E-state index in [-0.39, 0.29) is 5.41 Å². The molecular weight excluding hydrogens is 218 g/mol. The van der Waals surface area contributed by atoms with Crippen molar-refractivity contribution in [1.29, 1.82) is 0 Å². The number of thiazole rings is 1. The summed E-state index contributed by atoms with van der Waals surface area (Å²) in [5.41, 5.74) is 0.996. The lowest BCUT2D eigenvalue weighted by atomic mass is 9.98. The Morgan fingerprint density at radius 2 is 2.19 bits per heavy atom. The molecule has 3 rings (SSSR count). The van der Waals surface area contributed by atoms with E-state index >= 15 is 0 Å². The van der Waals surface area contributed by atoms with Gasteiger partial charge in [0.2, 0.25) is 0 Å². The summed E-state index contributed by atoms with van der Waals surface area (Å²) in [6.45, 7) is 1.71. The van der Waals surface area contributed by atoms with E-state index in [1.165, 1.54) is 4.70 Å². The van der Waals surface area contributed by atoms with Gasteiger partial charge in [0.05, 0.1) is 15.2 Å². The Morgan fingerprint density at radius 3 is 2.81 bits per heavy atom. The van der Waals surface area contributed by atoms with Crippen LogP contribution in [-0.2, 0) is 11.2 Å². The molecule has 1 saturated carbocycles. The summed E-state index contributed by atoms with van der Waals surface area (Å²) in [5.74, 6) is 0.326. The molecule has 1 aliphatic carbocycles. The normalized spacial score (nSPS) is 17.6. The van der Waals surface area contributed by atoms with E-state index in [2.05, 4.69) is 11.1 Å². The molecule has 0 aliphatic heterocycles. The monoisotopic (exact) mass is 231 g/mol. The second-order valence-corrected chi connectivity index (χ2v) is 5.70. The number of ketones is 1. The van der Waals surface area contributed by atoms with Gasteiger partial charge >= 0.3 is 0 Å². The summed E-state index contributed by atoms with van der Waals surface area (Å²) in [6.07, 6.45) is 2.91. The zero-order valence-electron chi connectivity index (χ0n) is 9.19. The van der Waals surface area contributed by atoms with E-state index in [0.29, 0.717) is 5.78 Å². The summed E-state index contributed by atoms with van der Waals surface area (Å²) in [6, 6.07) is 8.15. The molecule has 0 atom stereocenters. The van der Waals surface area contributed by atoms with Gasteiger partial charge in [0.25, 0.3) is 0 Å². The summed E-state index contributed by atoms with van der Waals surface area (Å²) in [7, 11) is 0. The first kappa shape index (κ1) is 9.97. The molecule has 2 aromatic rings. The third-order valence-electron chi connectivity index (χ3n) is 3.43. The van der Waals surface area contributed by atoms with Crippen molar-refractivity contribution in [3.05, 3.63) is 29.3 Å². The largest absolute Gasteiger partial charge is 0.299 e. The number of para-hydroxylation sites is 1. The number of aromatic nitrogens is 1. The lowest BCUT2D eigenvalue weighted by molar-refractivity contribution is -0.121. The SMILES string of the molecule is CC(=O)C1(Cc2nc3ccccc3s2)CC1. The second kappa shape index (κ2) is 3.39. The molecule has 0 saturated heterocycles. The van der Waals surface area contributed by atoms with Crippen LogP contribution in [0.4, 0.5) is 0 Å². The van der Waals surface area contributed by atoms with Crippen molar-refractivity contribution < 1.29 is 4.79 Å². The summed E-state index contributed by atoms with van der Waals surface area (Å²) in [4.78, 5) is 16.1. The lowest BCUT2D eigenvalue weighted by Crippen LogP contribution is -2.14. The van der Waals surface area contributed by atoms with Gasteiger partial charge in [0.1, 0.15) is 5.78 Å². The van der Waals surface area contributed by atoms with Crippen molar-refractivity contribution in [2.75, 3.05) is 0 Å². The molecule has 0 radical (unpaired) electrons. The summed E-state index contributed by atoms with van der Waals surface area (Å²) < 4.78 is 1.22. The third kappa shape index (κ3) is 1.55. The van der Waals surface area contributed by atoms with E-state index < -0.39 is 0 Å². The minimum atomic E-state index is -0.0616. The molecule has 1 heterocycles. The number of fused-ring (bicyclic) bond motifs is 1. The Kier molecular flexibility index (Phi) is 2.11. The number of benzene rings is 1. The first-order chi connectivity index (χ1) is 7.70. The van der Waals surface area contributed by atoms with Crippen molar-refractivity contribution in [1.82, 2.24) is 4.98 Å². The number of nitrogens with zero attached hydrogens (tertiary/aromatic N) is 1. The van der Waals surface area contributed by atoms with Crippen LogP contribution in [0.5, 0.6) is 0 Å². The zero-order chi connectivity index (χ0) is 11.2. The van der Waals surface area contributed by atoms with E-state index in [1.54, 1.807) is 18.3 Å². The van der Waals surface area contributed by atoms with E-state index in [4.69, 9.17) is 0 Å². The molecule has 2 nitrogen and oxygen atoms in total. The van der Waals surface area contributed by atoms with Crippen molar-refractivity contribution >= 4 is 27.3 Å². The molecule has 16 heavy (non-hydrogen) atoms. The quantitative estimate of drug-likeness (QED) is 0.812. The maximum absolute atomic E-state index is 11.5. The highest BCUT2D eigenvalue weighted by Crippen LogP contribution is 2.49. The Labute approximate surface area is 98.3 Å². The van der Waals surface area contributed by atoms with Crippen molar-refractivity contribution in [2.24, 2.45) is 5.41 Å². The zero-order valence-corrected chi connectivity index (χ0v) is 10.0. The van der Waals surface area contributed by atoms with Gasteiger partial charge in [0, 0.05) is 11.8 Å². The molecule has 0 N–H and O–H groups in total. The Morgan fingerprint density at radius 1 is 1.44 bits per heavy atom. The van der Waals surface area contributed by atoms with Crippen LogP contribution in [0.2, 0.25) is 0 Å². The van der Waals surface area contributed by atoms with Gasteiger partial charge in [-0.2, -0.15) is 0 Å². The Bertz CT molecular complexity index is 521. The minimum absolute atomic E-state index is 0.0616. The Balaban J connectivity index is 1.93. The number of carbonyl (C=O) groups is 1. The molecule has 1 aromatic carbocycles. The summed E-state index contributed by atoms with van der Waals surface area (Å²) >= 11 is 1.72. The first-order valence-electron chi connectivity index (χ1n) is 5.55. The predicted molar refractivity (Wildman–Crippen MR) is 65.7 cm³/mol. The first-order valence-corrected chi connectivity index (χ1v) is 6.37. The number of hydrogen-bond donors (Lipinski definition) is 0. The number of Topliss-reactive ketones (excluding diaryl/α,β-unsaturated/α-hetero) is 1. The Hall–Kier alpha value is -1.22. The molecule has 0 amide bonds. The van der Waals surface area contributed by atoms with Crippen LogP contribution in [0.25, 0.3) is 10.2 Å². The van der Waals surface area contributed by atoms with Gasteiger partial charge in [-0.1, -0.05) is 12.1 Å². The van der Waals surface area contributed by atoms with Gasteiger partial charge in [-0.05, 0) is 31.9 Å². The van der Waals surface area contributed by atoms with Crippen LogP contribution in [0.1, 0.15) is 24.8 Å². The van der Waals surface area contributed by atoms with Gasteiger partial charge in [-0.25, -0.2) is 4.98 Å². The molecule has 3 heteroatoms. The highest BCUT2D eigenvalue weighted by molar-refractivity contribution is 7.18. The van der Waals surface area contributed by atoms with Crippen molar-refractivity contribution in [3.8, 4) is 0 Å². The lowest BCUT2D eigenvalue weighted by Gasteiger charge is -2.07. The predicted octanol–water partition coefficient (Wildman–Crippen LogP) is 3.21. The maximum Gasteiger partial charge on any atom is 0.136 e. The van der Waals surface area contributed by atoms with Gasteiger partial charge in [0.15, 0.2) is 0 Å². The van der Waals surface area contributed by atoms with Crippen LogP contribution in [0, 0.1) is 5.41 Å². The minimum Gasteiger partial charge on any atom is -0.299 e. The molecule has 1 aliphatic rings. The maximum atomic E-state index is 11.5. The van der Waals surface area contributed by atoms with Crippen LogP contribution in [0.15, 0.2) is 24.3 Å². The fourth-order valence-electron chi connectivity index (χ4n) is 2.09. The van der Waals surface area contributed by atoms with Crippen molar-refractivity contribution in [2.45, 2.75) is 26.2 Å². The molecule has 82 valence electrons. The molecule has 0 bridgehead atoms. The molecule has 0 unspecified atom stereocenters. The van der Waals surface area contributed by atoms with E-state index in [0.717, 1.165) is 29.8 Å². The molecule has 0 spiro atoms. The smallest absolute Gasteiger partial charge is 0.136 e. The van der Waals surface area contributed by atoms with E-state index in [9.17, 15) is 4.79 Å². The average Bonchev–Trinajstić information content (AvgIpc) is 2.92. The topological polar surface area (TPSA) is 30.0 Å². The number of rotatable bonds is 3. The fourth-order valence-corrected chi connectivity index (χ4v) is 3.20. The summed E-state index contributed by atoms with van der Waals surface area (Å²) in [5, 5.41) is 1.11.